The van der Waals surface area contributed by atoms with Gasteiger partial charge < -0.3 is 10.6 Å². The van der Waals surface area contributed by atoms with Crippen molar-refractivity contribution >= 4 is 22.2 Å². The van der Waals surface area contributed by atoms with Gasteiger partial charge in [-0.3, -0.25) is 9.20 Å². The van der Waals surface area contributed by atoms with Crippen molar-refractivity contribution in [3.05, 3.63) is 23.5 Å². The lowest BCUT2D eigenvalue weighted by Gasteiger charge is -2.23. The van der Waals surface area contributed by atoms with Gasteiger partial charge in [-0.2, -0.15) is 0 Å². The summed E-state index contributed by atoms with van der Waals surface area (Å²) in [6.45, 7) is 8.37. The van der Waals surface area contributed by atoms with Crippen LogP contribution in [0, 0.1) is 0 Å². The zero-order chi connectivity index (χ0) is 14.0. The molecule has 0 fully saturated rings. The molecule has 19 heavy (non-hydrogen) atoms. The Morgan fingerprint density at radius 2 is 2.26 bits per heavy atom. The highest BCUT2D eigenvalue weighted by Gasteiger charge is 2.18. The summed E-state index contributed by atoms with van der Waals surface area (Å²) in [6.07, 6.45) is 3.96. The van der Waals surface area contributed by atoms with Gasteiger partial charge in [0.05, 0.1) is 11.7 Å². The van der Waals surface area contributed by atoms with Crippen molar-refractivity contribution < 1.29 is 4.79 Å². The molecule has 6 heteroatoms. The summed E-state index contributed by atoms with van der Waals surface area (Å²) in [7, 11) is 0. The molecule has 2 rings (SSSR count). The minimum Gasteiger partial charge on any atom is -0.350 e. The van der Waals surface area contributed by atoms with Gasteiger partial charge in [0, 0.05) is 29.9 Å². The van der Waals surface area contributed by atoms with E-state index in [1.165, 1.54) is 0 Å². The van der Waals surface area contributed by atoms with Crippen molar-refractivity contribution in [3.63, 3.8) is 0 Å². The normalized spacial score (nSPS) is 13.7. The average Bonchev–Trinajstić information content (AvgIpc) is 2.83. The summed E-state index contributed by atoms with van der Waals surface area (Å²) in [6, 6.07) is -0.237. The first-order chi connectivity index (χ1) is 8.85. The summed E-state index contributed by atoms with van der Waals surface area (Å²) in [5.74, 6) is 0.00789. The largest absolute Gasteiger partial charge is 0.350 e. The van der Waals surface area contributed by atoms with Crippen LogP contribution in [0.4, 0.5) is 0 Å². The van der Waals surface area contributed by atoms with Crippen LogP contribution in [0.25, 0.3) is 4.96 Å². The Bertz CT molecular complexity index is 538. The molecule has 0 aliphatic heterocycles. The van der Waals surface area contributed by atoms with Crippen LogP contribution in [-0.2, 0) is 11.3 Å². The Morgan fingerprint density at radius 3 is 2.89 bits per heavy atom. The fourth-order valence-electron chi connectivity index (χ4n) is 1.69. The summed E-state index contributed by atoms with van der Waals surface area (Å²) in [4.78, 5) is 17.3. The van der Waals surface area contributed by atoms with Gasteiger partial charge in [-0.25, -0.2) is 4.98 Å². The van der Waals surface area contributed by atoms with Gasteiger partial charge in [-0.1, -0.05) is 0 Å². The quantitative estimate of drug-likeness (QED) is 0.897. The highest BCUT2D eigenvalue weighted by atomic mass is 32.1. The number of hydrogen-bond acceptors (Lipinski definition) is 4. The van der Waals surface area contributed by atoms with E-state index in [4.69, 9.17) is 0 Å². The van der Waals surface area contributed by atoms with Crippen molar-refractivity contribution in [1.29, 1.82) is 0 Å². The lowest BCUT2D eigenvalue weighted by atomic mass is 10.1. The lowest BCUT2D eigenvalue weighted by Crippen LogP contribution is -2.49. The number of nitrogens with one attached hydrogen (secondary N) is 2. The third-order valence-electron chi connectivity index (χ3n) is 2.62. The first-order valence-electron chi connectivity index (χ1n) is 6.31. The average molecular weight is 280 g/mol. The zero-order valence-corrected chi connectivity index (χ0v) is 12.5. The van der Waals surface area contributed by atoms with Crippen molar-refractivity contribution in [2.75, 3.05) is 0 Å². The molecule has 0 saturated carbocycles. The Balaban J connectivity index is 1.88. The fourth-order valence-corrected chi connectivity index (χ4v) is 2.41. The number of imidazole rings is 1. The number of carbonyl (C=O) groups excluding carboxylic acids is 1. The second kappa shape index (κ2) is 5.30. The summed E-state index contributed by atoms with van der Waals surface area (Å²) < 4.78 is 1.99. The van der Waals surface area contributed by atoms with Crippen molar-refractivity contribution in [2.24, 2.45) is 0 Å². The molecule has 2 aromatic heterocycles. The molecular weight excluding hydrogens is 260 g/mol. The van der Waals surface area contributed by atoms with E-state index in [9.17, 15) is 4.79 Å². The van der Waals surface area contributed by atoms with Crippen LogP contribution in [0.5, 0.6) is 0 Å². The molecule has 2 N–H and O–H groups in total. The van der Waals surface area contributed by atoms with E-state index < -0.39 is 0 Å². The number of aromatic nitrogens is 2. The lowest BCUT2D eigenvalue weighted by molar-refractivity contribution is -0.124. The van der Waals surface area contributed by atoms with Crippen molar-refractivity contribution in [1.82, 2.24) is 20.0 Å². The van der Waals surface area contributed by atoms with E-state index in [0.717, 1.165) is 10.7 Å². The standard InChI is InChI=1S/C13H20N4OS/c1-9(11(18)16-13(2,3)4)14-7-10-8-17-5-6-19-12(17)15-10/h5-6,8-9,14H,7H2,1-4H3,(H,16,18). The Kier molecular flexibility index (Phi) is 3.91. The van der Waals surface area contributed by atoms with E-state index in [1.54, 1.807) is 11.3 Å². The van der Waals surface area contributed by atoms with Gasteiger partial charge in [-0.05, 0) is 27.7 Å². The molecule has 0 aromatic carbocycles. The van der Waals surface area contributed by atoms with Crippen LogP contribution in [0.15, 0.2) is 17.8 Å². The van der Waals surface area contributed by atoms with E-state index in [2.05, 4.69) is 15.6 Å². The second-order valence-corrected chi connectivity index (χ2v) is 6.54. The maximum Gasteiger partial charge on any atom is 0.237 e. The maximum atomic E-state index is 11.9. The van der Waals surface area contributed by atoms with Gasteiger partial charge in [0.15, 0.2) is 4.96 Å². The van der Waals surface area contributed by atoms with Gasteiger partial charge >= 0.3 is 0 Å². The van der Waals surface area contributed by atoms with Crippen LogP contribution < -0.4 is 10.6 Å². The first-order valence-corrected chi connectivity index (χ1v) is 7.19. The molecule has 0 aliphatic rings. The van der Waals surface area contributed by atoms with Crippen LogP contribution in [0.2, 0.25) is 0 Å². The topological polar surface area (TPSA) is 58.4 Å². The Morgan fingerprint density at radius 1 is 1.53 bits per heavy atom. The minimum absolute atomic E-state index is 0.00789. The van der Waals surface area contributed by atoms with Crippen LogP contribution in [0.1, 0.15) is 33.4 Å². The van der Waals surface area contributed by atoms with Crippen molar-refractivity contribution in [3.8, 4) is 0 Å². The molecule has 1 amide bonds. The predicted molar refractivity (Wildman–Crippen MR) is 77.3 cm³/mol. The molecule has 104 valence electrons. The molecule has 1 atom stereocenters. The molecule has 2 heterocycles. The van der Waals surface area contributed by atoms with Gasteiger partial charge in [0.25, 0.3) is 0 Å². The summed E-state index contributed by atoms with van der Waals surface area (Å²) in [5, 5.41) is 8.14. The number of amides is 1. The van der Waals surface area contributed by atoms with E-state index in [0.29, 0.717) is 6.54 Å². The number of rotatable bonds is 4. The van der Waals surface area contributed by atoms with E-state index in [-0.39, 0.29) is 17.5 Å². The molecule has 0 saturated heterocycles. The smallest absolute Gasteiger partial charge is 0.237 e. The molecule has 5 nitrogen and oxygen atoms in total. The number of thiazole rings is 1. The molecule has 0 spiro atoms. The van der Waals surface area contributed by atoms with Gasteiger partial charge in [0.1, 0.15) is 0 Å². The predicted octanol–water partition coefficient (Wildman–Crippen LogP) is 1.79. The summed E-state index contributed by atoms with van der Waals surface area (Å²) in [5.41, 5.74) is 0.742. The molecule has 2 aromatic rings. The Hall–Kier alpha value is -1.40. The summed E-state index contributed by atoms with van der Waals surface area (Å²) >= 11 is 1.60. The minimum atomic E-state index is -0.237. The third-order valence-corrected chi connectivity index (χ3v) is 3.39. The number of fused-ring (bicyclic) bond motifs is 1. The fraction of sp³-hybridized carbons (Fsp3) is 0.538. The number of nitrogens with zero attached hydrogens (tertiary/aromatic N) is 2. The third kappa shape index (κ3) is 3.78. The number of carbonyl (C=O) groups is 1. The SMILES string of the molecule is CC(NCc1cn2ccsc2n1)C(=O)NC(C)(C)C. The maximum absolute atomic E-state index is 11.9. The molecule has 0 bridgehead atoms. The van der Waals surface area contributed by atoms with Crippen LogP contribution in [0.3, 0.4) is 0 Å². The molecule has 1 unspecified atom stereocenters. The monoisotopic (exact) mass is 280 g/mol. The Labute approximate surface area is 117 Å². The van der Waals surface area contributed by atoms with Gasteiger partial charge in [0.2, 0.25) is 5.91 Å². The number of hydrogen-bond donors (Lipinski definition) is 2. The highest BCUT2D eigenvalue weighted by molar-refractivity contribution is 7.15. The highest BCUT2D eigenvalue weighted by Crippen LogP contribution is 2.11. The van der Waals surface area contributed by atoms with Crippen LogP contribution >= 0.6 is 11.3 Å². The van der Waals surface area contributed by atoms with E-state index >= 15 is 0 Å². The van der Waals surface area contributed by atoms with E-state index in [1.807, 2.05) is 49.9 Å². The van der Waals surface area contributed by atoms with Crippen LogP contribution in [-0.4, -0.2) is 26.9 Å². The molecule has 0 radical (unpaired) electrons. The van der Waals surface area contributed by atoms with Gasteiger partial charge in [-0.15, -0.1) is 11.3 Å². The molecule has 0 aliphatic carbocycles. The molecular formula is C13H20N4OS. The zero-order valence-electron chi connectivity index (χ0n) is 11.7. The van der Waals surface area contributed by atoms with Crippen molar-refractivity contribution in [2.45, 2.75) is 45.8 Å². The second-order valence-electron chi connectivity index (χ2n) is 5.67. The first kappa shape index (κ1) is 14.0.